The van der Waals surface area contributed by atoms with Crippen molar-refractivity contribution in [2.45, 2.75) is 6.04 Å². The van der Waals surface area contributed by atoms with Gasteiger partial charge in [0.2, 0.25) is 0 Å². The Labute approximate surface area is 91.0 Å². The lowest BCUT2D eigenvalue weighted by atomic mass is 10.0. The third-order valence-electron chi connectivity index (χ3n) is 2.95. The molecular formula is C12H17N2O. The van der Waals surface area contributed by atoms with Crippen LogP contribution in [0.25, 0.3) is 0 Å². The Bertz CT molecular complexity index is 310. The number of rotatable bonds is 2. The summed E-state index contributed by atoms with van der Waals surface area (Å²) in [5.41, 5.74) is 1.32. The number of methoxy groups -OCH3 is 1. The van der Waals surface area contributed by atoms with Crippen molar-refractivity contribution in [2.75, 3.05) is 33.8 Å². The van der Waals surface area contributed by atoms with Crippen molar-refractivity contribution in [1.29, 1.82) is 0 Å². The lowest BCUT2D eigenvalue weighted by molar-refractivity contribution is 0.199. The van der Waals surface area contributed by atoms with Gasteiger partial charge in [-0.3, -0.25) is 4.90 Å². The molecule has 1 atom stereocenters. The molecule has 0 spiro atoms. The van der Waals surface area contributed by atoms with Crippen molar-refractivity contribution < 1.29 is 4.74 Å². The van der Waals surface area contributed by atoms with E-state index in [4.69, 9.17) is 4.74 Å². The number of hydrogen-bond donors (Lipinski definition) is 0. The van der Waals surface area contributed by atoms with Gasteiger partial charge in [0.15, 0.2) is 0 Å². The summed E-state index contributed by atoms with van der Waals surface area (Å²) in [4.78, 5) is 2.36. The Kier molecular flexibility index (Phi) is 3.23. The highest BCUT2D eigenvalue weighted by molar-refractivity contribution is 5.29. The molecule has 0 N–H and O–H groups in total. The first kappa shape index (κ1) is 10.5. The average Bonchev–Trinajstić information content (AvgIpc) is 2.30. The molecule has 1 fully saturated rings. The fourth-order valence-corrected chi connectivity index (χ4v) is 1.92. The van der Waals surface area contributed by atoms with Crippen LogP contribution >= 0.6 is 0 Å². The smallest absolute Gasteiger partial charge is 0.118 e. The van der Waals surface area contributed by atoms with E-state index in [-0.39, 0.29) is 0 Å². The van der Waals surface area contributed by atoms with Crippen LogP contribution in [0.15, 0.2) is 24.3 Å². The second-order valence-electron chi connectivity index (χ2n) is 3.90. The molecule has 0 aliphatic carbocycles. The molecule has 0 unspecified atom stereocenters. The van der Waals surface area contributed by atoms with Crippen molar-refractivity contribution in [2.24, 2.45) is 0 Å². The second kappa shape index (κ2) is 4.64. The van der Waals surface area contributed by atoms with Crippen molar-refractivity contribution in [3.63, 3.8) is 0 Å². The van der Waals surface area contributed by atoms with Crippen molar-refractivity contribution in [3.8, 4) is 5.75 Å². The van der Waals surface area contributed by atoms with E-state index >= 15 is 0 Å². The van der Waals surface area contributed by atoms with E-state index in [1.807, 2.05) is 12.1 Å². The maximum Gasteiger partial charge on any atom is 0.118 e. The Hall–Kier alpha value is -1.06. The summed E-state index contributed by atoms with van der Waals surface area (Å²) >= 11 is 0. The molecule has 0 bridgehead atoms. The molecule has 0 amide bonds. The van der Waals surface area contributed by atoms with Gasteiger partial charge in [-0.05, 0) is 24.7 Å². The number of ether oxygens (including phenoxy) is 1. The van der Waals surface area contributed by atoms with Gasteiger partial charge in [0.1, 0.15) is 5.75 Å². The van der Waals surface area contributed by atoms with Gasteiger partial charge in [-0.1, -0.05) is 12.1 Å². The van der Waals surface area contributed by atoms with Crippen LogP contribution in [0.3, 0.4) is 0 Å². The van der Waals surface area contributed by atoms with E-state index in [0.717, 1.165) is 25.4 Å². The topological polar surface area (TPSA) is 26.6 Å². The molecule has 81 valence electrons. The van der Waals surface area contributed by atoms with Crippen molar-refractivity contribution in [1.82, 2.24) is 10.2 Å². The van der Waals surface area contributed by atoms with Gasteiger partial charge < -0.3 is 4.74 Å². The van der Waals surface area contributed by atoms with E-state index in [1.165, 1.54) is 5.56 Å². The predicted molar refractivity (Wildman–Crippen MR) is 60.2 cm³/mol. The van der Waals surface area contributed by atoms with Gasteiger partial charge >= 0.3 is 0 Å². The fraction of sp³-hybridized carbons (Fsp3) is 0.500. The van der Waals surface area contributed by atoms with Gasteiger partial charge in [0, 0.05) is 25.7 Å². The highest BCUT2D eigenvalue weighted by Crippen LogP contribution is 2.23. The van der Waals surface area contributed by atoms with E-state index in [0.29, 0.717) is 6.04 Å². The zero-order chi connectivity index (χ0) is 10.7. The summed E-state index contributed by atoms with van der Waals surface area (Å²) in [6.45, 7) is 2.92. The standard InChI is InChI=1S/C12H17N2O/c1-14-8-7-13-9-12(14)10-3-5-11(15-2)6-4-10/h3-6,12H,7-9H2,1-2H3/t12-/m1/s1. The summed E-state index contributed by atoms with van der Waals surface area (Å²) < 4.78 is 5.15. The molecular weight excluding hydrogens is 188 g/mol. The maximum atomic E-state index is 5.15. The molecule has 1 saturated heterocycles. The van der Waals surface area contributed by atoms with Crippen LogP contribution < -0.4 is 10.1 Å². The molecule has 15 heavy (non-hydrogen) atoms. The summed E-state index contributed by atoms with van der Waals surface area (Å²) in [7, 11) is 3.85. The van der Waals surface area contributed by atoms with Crippen LogP contribution in [0.4, 0.5) is 0 Å². The first-order valence-electron chi connectivity index (χ1n) is 5.28. The molecule has 0 saturated carbocycles. The largest absolute Gasteiger partial charge is 0.497 e. The van der Waals surface area contributed by atoms with E-state index in [9.17, 15) is 0 Å². The fourth-order valence-electron chi connectivity index (χ4n) is 1.92. The van der Waals surface area contributed by atoms with E-state index in [1.54, 1.807) is 7.11 Å². The predicted octanol–water partition coefficient (Wildman–Crippen LogP) is 1.29. The van der Waals surface area contributed by atoms with Crippen molar-refractivity contribution >= 4 is 0 Å². The molecule has 1 aromatic carbocycles. The Morgan fingerprint density at radius 3 is 2.67 bits per heavy atom. The third-order valence-corrected chi connectivity index (χ3v) is 2.95. The molecule has 2 rings (SSSR count). The molecule has 1 aromatic rings. The van der Waals surface area contributed by atoms with Gasteiger partial charge in [-0.15, -0.1) is 0 Å². The molecule has 1 heterocycles. The summed E-state index contributed by atoms with van der Waals surface area (Å²) in [6, 6.07) is 8.71. The van der Waals surface area contributed by atoms with E-state index in [2.05, 4.69) is 29.4 Å². The first-order valence-corrected chi connectivity index (χ1v) is 5.28. The zero-order valence-corrected chi connectivity index (χ0v) is 9.31. The normalized spacial score (nSPS) is 22.7. The Balaban J connectivity index is 2.13. The van der Waals surface area contributed by atoms with Crippen LogP contribution in [-0.2, 0) is 0 Å². The highest BCUT2D eigenvalue weighted by Gasteiger charge is 2.20. The Morgan fingerprint density at radius 1 is 1.33 bits per heavy atom. The lowest BCUT2D eigenvalue weighted by Crippen LogP contribution is -2.40. The minimum absolute atomic E-state index is 0.435. The zero-order valence-electron chi connectivity index (χ0n) is 9.31. The number of likely N-dealkylation sites (N-methyl/N-ethyl adjacent to an activating group) is 1. The van der Waals surface area contributed by atoms with Crippen LogP contribution in [0.2, 0.25) is 0 Å². The number of piperazine rings is 1. The minimum atomic E-state index is 0.435. The average molecular weight is 205 g/mol. The number of benzene rings is 1. The Morgan fingerprint density at radius 2 is 2.07 bits per heavy atom. The molecule has 0 aromatic heterocycles. The van der Waals surface area contributed by atoms with Crippen LogP contribution in [0.1, 0.15) is 11.6 Å². The quantitative estimate of drug-likeness (QED) is 0.727. The monoisotopic (exact) mass is 205 g/mol. The summed E-state index contributed by atoms with van der Waals surface area (Å²) in [5, 5.41) is 4.45. The molecule has 3 heteroatoms. The van der Waals surface area contributed by atoms with E-state index < -0.39 is 0 Å². The third kappa shape index (κ3) is 2.30. The summed E-state index contributed by atoms with van der Waals surface area (Å²) in [5.74, 6) is 0.911. The van der Waals surface area contributed by atoms with Crippen LogP contribution in [0.5, 0.6) is 5.75 Å². The molecule has 1 aliphatic heterocycles. The van der Waals surface area contributed by atoms with Crippen LogP contribution in [0, 0.1) is 0 Å². The minimum Gasteiger partial charge on any atom is -0.497 e. The van der Waals surface area contributed by atoms with Crippen LogP contribution in [-0.4, -0.2) is 38.7 Å². The highest BCUT2D eigenvalue weighted by atomic mass is 16.5. The number of hydrogen-bond acceptors (Lipinski definition) is 2. The van der Waals surface area contributed by atoms with Gasteiger partial charge in [-0.2, -0.15) is 0 Å². The van der Waals surface area contributed by atoms with Gasteiger partial charge in [0.05, 0.1) is 7.11 Å². The molecule has 3 nitrogen and oxygen atoms in total. The molecule has 1 aliphatic rings. The maximum absolute atomic E-state index is 5.15. The first-order chi connectivity index (χ1) is 7.31. The molecule has 1 radical (unpaired) electrons. The SMILES string of the molecule is COc1ccc([C@H]2C[N]CCN2C)cc1. The number of nitrogens with zero attached hydrogens (tertiary/aromatic N) is 2. The van der Waals surface area contributed by atoms with Crippen molar-refractivity contribution in [3.05, 3.63) is 29.8 Å². The van der Waals surface area contributed by atoms with Gasteiger partial charge in [-0.25, -0.2) is 5.32 Å². The summed E-state index contributed by atoms with van der Waals surface area (Å²) in [6.07, 6.45) is 0. The second-order valence-corrected chi connectivity index (χ2v) is 3.90. The lowest BCUT2D eigenvalue weighted by Gasteiger charge is -2.32. The van der Waals surface area contributed by atoms with Gasteiger partial charge in [0.25, 0.3) is 0 Å².